The van der Waals surface area contributed by atoms with Gasteiger partial charge in [-0.25, -0.2) is 4.68 Å². The van der Waals surface area contributed by atoms with Gasteiger partial charge in [0.1, 0.15) is 0 Å². The molecule has 184 valence electrons. The molecule has 1 aromatic carbocycles. The molecule has 0 amide bonds. The highest BCUT2D eigenvalue weighted by molar-refractivity contribution is 5.31. The second-order valence-corrected chi connectivity index (χ2v) is 9.32. The number of nitrogens with one attached hydrogen (secondary N) is 1. The van der Waals surface area contributed by atoms with E-state index in [0.717, 1.165) is 77.1 Å². The summed E-state index contributed by atoms with van der Waals surface area (Å²) in [5.41, 5.74) is 2.50. The number of piperidine rings is 1. The molecule has 0 spiro atoms. The van der Waals surface area contributed by atoms with Crippen LogP contribution in [0.25, 0.3) is 0 Å². The number of hydrogen-bond acceptors (Lipinski definition) is 8. The molecule has 0 radical (unpaired) electrons. The van der Waals surface area contributed by atoms with E-state index >= 15 is 0 Å². The molecule has 1 aromatic heterocycles. The highest BCUT2D eigenvalue weighted by atomic mass is 16.5. The molecule has 1 atom stereocenters. The Morgan fingerprint density at radius 2 is 2.06 bits per heavy atom. The number of tetrazole rings is 1. The molecule has 0 bridgehead atoms. The second kappa shape index (κ2) is 12.4. The van der Waals surface area contributed by atoms with E-state index in [4.69, 9.17) is 14.7 Å². The third kappa shape index (κ3) is 5.99. The fourth-order valence-corrected chi connectivity index (χ4v) is 5.24. The summed E-state index contributed by atoms with van der Waals surface area (Å²) < 4.78 is 13.4. The Bertz CT molecular complexity index is 933. The summed E-state index contributed by atoms with van der Waals surface area (Å²) in [5, 5.41) is 25.6. The van der Waals surface area contributed by atoms with Crippen molar-refractivity contribution in [3.05, 3.63) is 41.2 Å². The molecule has 2 aromatic rings. The van der Waals surface area contributed by atoms with E-state index in [9.17, 15) is 0 Å². The van der Waals surface area contributed by atoms with Gasteiger partial charge in [-0.3, -0.25) is 4.90 Å². The van der Waals surface area contributed by atoms with Crippen LogP contribution in [0.15, 0.2) is 24.3 Å². The fraction of sp³-hybridized carbons (Fsp3) is 0.680. The average molecular weight is 468 g/mol. The molecule has 1 aliphatic carbocycles. The fourth-order valence-electron chi connectivity index (χ4n) is 5.24. The zero-order valence-electron chi connectivity index (χ0n) is 20.3. The maximum absolute atomic E-state index is 9.10. The van der Waals surface area contributed by atoms with Crippen molar-refractivity contribution in [3.63, 3.8) is 0 Å². The third-order valence-electron chi connectivity index (χ3n) is 7.10. The van der Waals surface area contributed by atoms with Crippen molar-refractivity contribution in [1.82, 2.24) is 30.4 Å². The first kappa shape index (κ1) is 24.7. The number of nitrogens with zero attached hydrogens (tertiary/aromatic N) is 6. The number of aryl methyl sites for hydroxylation is 2. The van der Waals surface area contributed by atoms with Crippen molar-refractivity contribution in [3.8, 4) is 6.07 Å². The van der Waals surface area contributed by atoms with E-state index in [1.165, 1.54) is 17.5 Å². The van der Waals surface area contributed by atoms with Crippen LogP contribution >= 0.6 is 0 Å². The molecule has 1 unspecified atom stereocenters. The smallest absolute Gasteiger partial charge is 0.171 e. The van der Waals surface area contributed by atoms with Crippen LogP contribution in [-0.4, -0.2) is 71.6 Å². The van der Waals surface area contributed by atoms with Gasteiger partial charge in [0.05, 0.1) is 24.3 Å². The van der Waals surface area contributed by atoms with Gasteiger partial charge in [0.25, 0.3) is 0 Å². The Hall–Kier alpha value is -2.38. The van der Waals surface area contributed by atoms with Gasteiger partial charge in [0, 0.05) is 40.0 Å². The lowest BCUT2D eigenvalue weighted by molar-refractivity contribution is 0.0371. The molecular formula is C25H37N7O2. The monoisotopic (exact) mass is 467 g/mol. The Balaban J connectivity index is 1.35. The van der Waals surface area contributed by atoms with Crippen LogP contribution in [0.3, 0.4) is 0 Å². The van der Waals surface area contributed by atoms with Gasteiger partial charge < -0.3 is 14.8 Å². The van der Waals surface area contributed by atoms with Crippen molar-refractivity contribution in [2.24, 2.45) is 0 Å². The molecule has 34 heavy (non-hydrogen) atoms. The minimum absolute atomic E-state index is 0.209. The first-order chi connectivity index (χ1) is 16.8. The normalized spacial score (nSPS) is 20.1. The minimum Gasteiger partial charge on any atom is -0.385 e. The van der Waals surface area contributed by atoms with E-state index in [2.05, 4.69) is 56.1 Å². The molecule has 2 heterocycles. The number of hydrogen-bond donors (Lipinski definition) is 1. The zero-order valence-corrected chi connectivity index (χ0v) is 20.3. The van der Waals surface area contributed by atoms with Crippen LogP contribution in [0.2, 0.25) is 0 Å². The number of rotatable bonds is 12. The van der Waals surface area contributed by atoms with Gasteiger partial charge in [0.15, 0.2) is 5.82 Å². The van der Waals surface area contributed by atoms with Crippen LogP contribution in [0.4, 0.5) is 0 Å². The van der Waals surface area contributed by atoms with Gasteiger partial charge in [0.2, 0.25) is 0 Å². The number of benzene rings is 1. The predicted octanol–water partition coefficient (Wildman–Crippen LogP) is 2.60. The topological polar surface area (TPSA) is 101 Å². The first-order valence-electron chi connectivity index (χ1n) is 12.5. The van der Waals surface area contributed by atoms with E-state index in [0.29, 0.717) is 13.2 Å². The lowest BCUT2D eigenvalue weighted by Gasteiger charge is -2.41. The summed E-state index contributed by atoms with van der Waals surface area (Å²) in [7, 11) is 1.71. The average Bonchev–Trinajstić information content (AvgIpc) is 3.35. The maximum atomic E-state index is 9.10. The largest absolute Gasteiger partial charge is 0.385 e. The van der Waals surface area contributed by atoms with Gasteiger partial charge in [-0.05, 0) is 73.0 Å². The second-order valence-electron chi connectivity index (χ2n) is 9.32. The third-order valence-corrected chi connectivity index (χ3v) is 7.10. The molecule has 1 saturated heterocycles. The standard InChI is InChI=1S/C25H37N7O2/c1-33-19-6-15-32-24(28-29-30-32)25(11-16-31(17-12-25)18-13-26)27-14-5-20-34-23-10-4-8-21-7-2-3-9-22(21)23/h2-3,7,9,23,27H,4-6,8,10-12,14-20H2,1H3. The Labute approximate surface area is 202 Å². The molecular weight excluding hydrogens is 430 g/mol. The van der Waals surface area contributed by atoms with Crippen LogP contribution < -0.4 is 5.32 Å². The SMILES string of the molecule is COCCCn1nnnc1C1(NCCCOC2CCCc3ccccc32)CCN(CC#N)CC1. The summed E-state index contributed by atoms with van der Waals surface area (Å²) in [6.07, 6.45) is 7.18. The lowest BCUT2D eigenvalue weighted by Crippen LogP contribution is -2.53. The molecule has 1 aliphatic heterocycles. The number of fused-ring (bicyclic) bond motifs is 1. The number of methoxy groups -OCH3 is 1. The van der Waals surface area contributed by atoms with Crippen LogP contribution in [0.1, 0.15) is 61.6 Å². The summed E-state index contributed by atoms with van der Waals surface area (Å²) in [6, 6.07) is 10.9. The van der Waals surface area contributed by atoms with Gasteiger partial charge in [-0.1, -0.05) is 24.3 Å². The molecule has 2 aliphatic rings. The Kier molecular flexibility index (Phi) is 8.99. The van der Waals surface area contributed by atoms with Crippen molar-refractivity contribution >= 4 is 0 Å². The summed E-state index contributed by atoms with van der Waals surface area (Å²) in [5.74, 6) is 0.891. The number of aromatic nitrogens is 4. The molecule has 0 saturated carbocycles. The minimum atomic E-state index is -0.292. The quantitative estimate of drug-likeness (QED) is 0.375. The first-order valence-corrected chi connectivity index (χ1v) is 12.5. The van der Waals surface area contributed by atoms with Crippen molar-refractivity contribution < 1.29 is 9.47 Å². The maximum Gasteiger partial charge on any atom is 0.171 e. The van der Waals surface area contributed by atoms with Crippen molar-refractivity contribution in [1.29, 1.82) is 5.26 Å². The van der Waals surface area contributed by atoms with Crippen LogP contribution in [0.5, 0.6) is 0 Å². The predicted molar refractivity (Wildman–Crippen MR) is 128 cm³/mol. The van der Waals surface area contributed by atoms with Gasteiger partial charge in [-0.15, -0.1) is 5.10 Å². The number of nitriles is 1. The highest BCUT2D eigenvalue weighted by Gasteiger charge is 2.40. The Morgan fingerprint density at radius 3 is 2.88 bits per heavy atom. The van der Waals surface area contributed by atoms with Gasteiger partial charge in [-0.2, -0.15) is 5.26 Å². The van der Waals surface area contributed by atoms with E-state index in [-0.39, 0.29) is 11.6 Å². The van der Waals surface area contributed by atoms with Crippen molar-refractivity contribution in [2.75, 3.05) is 46.5 Å². The van der Waals surface area contributed by atoms with Crippen LogP contribution in [0, 0.1) is 11.3 Å². The molecule has 1 N–H and O–H groups in total. The summed E-state index contributed by atoms with van der Waals surface area (Å²) in [4.78, 5) is 2.20. The molecule has 4 rings (SSSR count). The van der Waals surface area contributed by atoms with E-state index in [1.54, 1.807) is 7.11 Å². The Morgan fingerprint density at radius 1 is 1.21 bits per heavy atom. The number of likely N-dealkylation sites (tertiary alicyclic amines) is 1. The molecule has 1 fully saturated rings. The van der Waals surface area contributed by atoms with Gasteiger partial charge >= 0.3 is 0 Å². The molecule has 9 heteroatoms. The zero-order chi connectivity index (χ0) is 23.6. The molecule has 9 nitrogen and oxygen atoms in total. The van der Waals surface area contributed by atoms with E-state index < -0.39 is 0 Å². The highest BCUT2D eigenvalue weighted by Crippen LogP contribution is 2.33. The van der Waals surface area contributed by atoms with Crippen LogP contribution in [-0.2, 0) is 28.0 Å². The number of ether oxygens (including phenoxy) is 2. The summed E-state index contributed by atoms with van der Waals surface area (Å²) in [6.45, 7) is 5.12. The lowest BCUT2D eigenvalue weighted by atomic mass is 9.86. The van der Waals surface area contributed by atoms with E-state index in [1.807, 2.05) is 4.68 Å². The summed E-state index contributed by atoms with van der Waals surface area (Å²) >= 11 is 0. The van der Waals surface area contributed by atoms with Crippen molar-refractivity contribution in [2.45, 2.75) is 63.1 Å².